The summed E-state index contributed by atoms with van der Waals surface area (Å²) < 4.78 is 0. The Morgan fingerprint density at radius 1 is 1.29 bits per heavy atom. The van der Waals surface area contributed by atoms with Crippen LogP contribution in [-0.2, 0) is 4.79 Å². The number of carbonyl (C=O) groups is 3. The lowest BCUT2D eigenvalue weighted by atomic mass is 9.98. The molecule has 1 aromatic rings. The van der Waals surface area contributed by atoms with Crippen LogP contribution in [0, 0.1) is 0 Å². The van der Waals surface area contributed by atoms with Gasteiger partial charge in [0.1, 0.15) is 5.54 Å². The molecule has 1 aliphatic heterocycles. The first-order valence-corrected chi connectivity index (χ1v) is 10.1. The quantitative estimate of drug-likeness (QED) is 0.561. The molecule has 2 N–H and O–H groups in total. The predicted octanol–water partition coefficient (Wildman–Crippen LogP) is 3.30. The molecule has 1 saturated heterocycles. The fourth-order valence-electron chi connectivity index (χ4n) is 3.89. The van der Waals surface area contributed by atoms with Crippen LogP contribution >= 0.6 is 11.6 Å². The summed E-state index contributed by atoms with van der Waals surface area (Å²) in [6.07, 6.45) is 3.89. The highest BCUT2D eigenvalue weighted by Crippen LogP contribution is 2.35. The second-order valence-electron chi connectivity index (χ2n) is 7.60. The molecule has 1 saturated carbocycles. The number of hydrogen-bond acceptors (Lipinski definition) is 3. The predicted molar refractivity (Wildman–Crippen MR) is 107 cm³/mol. The van der Waals surface area contributed by atoms with E-state index in [2.05, 4.69) is 10.6 Å². The van der Waals surface area contributed by atoms with Crippen molar-refractivity contribution in [2.45, 2.75) is 50.6 Å². The molecule has 3 rings (SSSR count). The lowest BCUT2D eigenvalue weighted by Gasteiger charge is -2.26. The number of imide groups is 1. The smallest absolute Gasteiger partial charge is 0.325 e. The Labute approximate surface area is 170 Å². The molecule has 0 aromatic heterocycles. The Kier molecular flexibility index (Phi) is 6.13. The molecule has 5 amide bonds. The number of carbonyl (C=O) groups excluding carboxylic acids is 3. The van der Waals surface area contributed by atoms with Gasteiger partial charge in [0.25, 0.3) is 5.91 Å². The first-order chi connectivity index (χ1) is 13.3. The molecule has 0 unspecified atom stereocenters. The van der Waals surface area contributed by atoms with E-state index < -0.39 is 5.54 Å². The Morgan fingerprint density at radius 2 is 1.93 bits per heavy atom. The van der Waals surface area contributed by atoms with Gasteiger partial charge in [-0.2, -0.15) is 0 Å². The molecule has 2 fully saturated rings. The van der Waals surface area contributed by atoms with Crippen molar-refractivity contribution in [2.75, 3.05) is 20.1 Å². The highest BCUT2D eigenvalue weighted by Gasteiger charge is 2.51. The van der Waals surface area contributed by atoms with Gasteiger partial charge in [0.2, 0.25) is 0 Å². The molecule has 28 heavy (non-hydrogen) atoms. The molecule has 7 nitrogen and oxygen atoms in total. The van der Waals surface area contributed by atoms with E-state index in [4.69, 9.17) is 11.6 Å². The normalized spacial score (nSPS) is 19.0. The van der Waals surface area contributed by atoms with Crippen LogP contribution in [0.1, 0.15) is 50.6 Å². The zero-order valence-electron chi connectivity index (χ0n) is 16.3. The van der Waals surface area contributed by atoms with Crippen LogP contribution in [0.3, 0.4) is 0 Å². The van der Waals surface area contributed by atoms with E-state index in [9.17, 15) is 14.4 Å². The number of nitrogens with one attached hydrogen (secondary N) is 2. The molecule has 0 bridgehead atoms. The van der Waals surface area contributed by atoms with Gasteiger partial charge in [0, 0.05) is 25.2 Å². The summed E-state index contributed by atoms with van der Waals surface area (Å²) in [4.78, 5) is 40.0. The Morgan fingerprint density at radius 3 is 2.57 bits per heavy atom. The molecule has 1 atom stereocenters. The number of nitrogens with zero attached hydrogens (tertiary/aromatic N) is 2. The van der Waals surface area contributed by atoms with Crippen LogP contribution in [-0.4, -0.2) is 53.4 Å². The monoisotopic (exact) mass is 406 g/mol. The van der Waals surface area contributed by atoms with Crippen LogP contribution < -0.4 is 10.6 Å². The number of halogens is 1. The van der Waals surface area contributed by atoms with Crippen molar-refractivity contribution in [3.8, 4) is 0 Å². The maximum atomic E-state index is 12.6. The average molecular weight is 407 g/mol. The first-order valence-electron chi connectivity index (χ1n) is 9.74. The van der Waals surface area contributed by atoms with E-state index in [0.29, 0.717) is 24.5 Å². The first kappa shape index (κ1) is 20.5. The van der Waals surface area contributed by atoms with Gasteiger partial charge in [-0.15, -0.1) is 0 Å². The number of rotatable bonds is 6. The third-order valence-electron chi connectivity index (χ3n) is 5.79. The summed E-state index contributed by atoms with van der Waals surface area (Å²) >= 11 is 5.91. The van der Waals surface area contributed by atoms with Crippen molar-refractivity contribution < 1.29 is 14.4 Å². The molecular weight excluding hydrogens is 380 g/mol. The standard InChI is InChI=1S/C20H27ClN4O3/c1-14(15-6-8-16(21)9-7-15)24(2)18(27)22-12-5-13-25-17(26)20(23-19(25)28)10-3-4-11-20/h6-9,14H,3-5,10-13H2,1-2H3,(H,22,27)(H,23,28)/t14-/m1/s1. The second-order valence-corrected chi connectivity index (χ2v) is 8.04. The third-order valence-corrected chi connectivity index (χ3v) is 6.04. The zero-order valence-corrected chi connectivity index (χ0v) is 17.1. The second kappa shape index (κ2) is 8.39. The van der Waals surface area contributed by atoms with Crippen molar-refractivity contribution in [3.63, 3.8) is 0 Å². The van der Waals surface area contributed by atoms with Gasteiger partial charge in [0.05, 0.1) is 6.04 Å². The molecule has 0 radical (unpaired) electrons. The van der Waals surface area contributed by atoms with Gasteiger partial charge in [-0.1, -0.05) is 36.6 Å². The molecule has 1 spiro atoms. The van der Waals surface area contributed by atoms with Crippen LogP contribution in [0.25, 0.3) is 0 Å². The SMILES string of the molecule is C[C@H](c1ccc(Cl)cc1)N(C)C(=O)NCCCN1C(=O)NC2(CCCC2)C1=O. The van der Waals surface area contributed by atoms with Crippen molar-refractivity contribution in [2.24, 2.45) is 0 Å². The Balaban J connectivity index is 1.44. The molecule has 2 aliphatic rings. The fourth-order valence-corrected chi connectivity index (χ4v) is 4.02. The Hall–Kier alpha value is -2.28. The summed E-state index contributed by atoms with van der Waals surface area (Å²) in [5.74, 6) is -0.116. The number of amides is 5. The van der Waals surface area contributed by atoms with Gasteiger partial charge in [0.15, 0.2) is 0 Å². The van der Waals surface area contributed by atoms with Crippen molar-refractivity contribution in [3.05, 3.63) is 34.9 Å². The van der Waals surface area contributed by atoms with Gasteiger partial charge in [-0.05, 0) is 43.9 Å². The molecule has 1 aromatic carbocycles. The van der Waals surface area contributed by atoms with Crippen molar-refractivity contribution >= 4 is 29.6 Å². The summed E-state index contributed by atoms with van der Waals surface area (Å²) in [7, 11) is 1.73. The highest BCUT2D eigenvalue weighted by atomic mass is 35.5. The summed E-state index contributed by atoms with van der Waals surface area (Å²) in [6, 6.07) is 6.77. The summed E-state index contributed by atoms with van der Waals surface area (Å²) in [6.45, 7) is 2.64. The lowest BCUT2D eigenvalue weighted by Crippen LogP contribution is -2.44. The minimum Gasteiger partial charge on any atom is -0.338 e. The Bertz CT molecular complexity index is 746. The molecule has 8 heteroatoms. The molecular formula is C20H27ClN4O3. The number of benzene rings is 1. The van der Waals surface area contributed by atoms with E-state index in [1.54, 1.807) is 24.1 Å². The van der Waals surface area contributed by atoms with Crippen LogP contribution in [0.15, 0.2) is 24.3 Å². The van der Waals surface area contributed by atoms with Gasteiger partial charge >= 0.3 is 12.1 Å². The maximum Gasteiger partial charge on any atom is 0.325 e. The van der Waals surface area contributed by atoms with Crippen LogP contribution in [0.5, 0.6) is 0 Å². The maximum absolute atomic E-state index is 12.6. The van der Waals surface area contributed by atoms with Crippen LogP contribution in [0.4, 0.5) is 9.59 Å². The lowest BCUT2D eigenvalue weighted by molar-refractivity contribution is -0.131. The average Bonchev–Trinajstić information content (AvgIpc) is 3.24. The summed E-state index contributed by atoms with van der Waals surface area (Å²) in [5, 5.41) is 6.37. The molecule has 1 heterocycles. The topological polar surface area (TPSA) is 81.8 Å². The zero-order chi connectivity index (χ0) is 20.3. The fraction of sp³-hybridized carbons (Fsp3) is 0.550. The largest absolute Gasteiger partial charge is 0.338 e. The summed E-state index contributed by atoms with van der Waals surface area (Å²) in [5.41, 5.74) is 0.317. The number of urea groups is 2. The van der Waals surface area contributed by atoms with E-state index in [0.717, 1.165) is 31.2 Å². The van der Waals surface area contributed by atoms with Gasteiger partial charge < -0.3 is 15.5 Å². The van der Waals surface area contributed by atoms with Gasteiger partial charge in [-0.25, -0.2) is 9.59 Å². The minimum atomic E-state index is -0.672. The van der Waals surface area contributed by atoms with Crippen molar-refractivity contribution in [1.82, 2.24) is 20.4 Å². The van der Waals surface area contributed by atoms with E-state index in [1.165, 1.54) is 4.90 Å². The number of hydrogen-bond donors (Lipinski definition) is 2. The molecule has 1 aliphatic carbocycles. The highest BCUT2D eigenvalue weighted by molar-refractivity contribution is 6.30. The minimum absolute atomic E-state index is 0.106. The molecule has 152 valence electrons. The van der Waals surface area contributed by atoms with Gasteiger partial charge in [-0.3, -0.25) is 9.69 Å². The van der Waals surface area contributed by atoms with E-state index in [1.807, 2.05) is 19.1 Å². The van der Waals surface area contributed by atoms with Crippen molar-refractivity contribution in [1.29, 1.82) is 0 Å². The van der Waals surface area contributed by atoms with Crippen LogP contribution in [0.2, 0.25) is 5.02 Å². The van der Waals surface area contributed by atoms with E-state index in [-0.39, 0.29) is 24.0 Å². The van der Waals surface area contributed by atoms with E-state index >= 15 is 0 Å². The third kappa shape index (κ3) is 4.09.